The summed E-state index contributed by atoms with van der Waals surface area (Å²) in [7, 11) is 3.37. The van der Waals surface area contributed by atoms with Crippen LogP contribution >= 0.6 is 11.3 Å². The van der Waals surface area contributed by atoms with Crippen LogP contribution in [-0.2, 0) is 16.0 Å². The molecule has 0 amide bonds. The van der Waals surface area contributed by atoms with Crippen molar-refractivity contribution in [3.8, 4) is 0 Å². The zero-order chi connectivity index (χ0) is 14.1. The first kappa shape index (κ1) is 16.1. The Bertz CT molecular complexity index is 380. The van der Waals surface area contributed by atoms with E-state index in [0.717, 1.165) is 37.5 Å². The summed E-state index contributed by atoms with van der Waals surface area (Å²) in [6, 6.07) is 3.54. The lowest BCUT2D eigenvalue weighted by Gasteiger charge is -2.21. The lowest BCUT2D eigenvalue weighted by Crippen LogP contribution is -2.28. The molecule has 1 rings (SSSR count). The summed E-state index contributed by atoms with van der Waals surface area (Å²) in [5, 5.41) is 8.91. The fraction of sp³-hybridized carbons (Fsp3) is 0.615. The van der Waals surface area contributed by atoms with Crippen molar-refractivity contribution in [2.75, 3.05) is 40.5 Å². The summed E-state index contributed by atoms with van der Waals surface area (Å²) in [4.78, 5) is 14.5. The molecule has 1 N–H and O–H groups in total. The number of hydrogen-bond acceptors (Lipinski definition) is 5. The number of carbonyl (C=O) groups is 1. The smallest absolute Gasteiger partial charge is 0.345 e. The van der Waals surface area contributed by atoms with Gasteiger partial charge in [0, 0.05) is 45.3 Å². The second-order valence-electron chi connectivity index (χ2n) is 4.19. The topological polar surface area (TPSA) is 59.0 Å². The molecule has 0 saturated heterocycles. The molecule has 0 unspecified atom stereocenters. The number of methoxy groups -OCH3 is 2. The van der Waals surface area contributed by atoms with E-state index in [2.05, 4.69) is 4.90 Å². The minimum Gasteiger partial charge on any atom is -0.477 e. The summed E-state index contributed by atoms with van der Waals surface area (Å²) < 4.78 is 10.1. The maximum Gasteiger partial charge on any atom is 0.345 e. The molecule has 0 atom stereocenters. The molecule has 0 saturated carbocycles. The van der Waals surface area contributed by atoms with Gasteiger partial charge in [-0.25, -0.2) is 4.79 Å². The molecular weight excluding hydrogens is 266 g/mol. The van der Waals surface area contributed by atoms with Crippen LogP contribution in [0.2, 0.25) is 0 Å². The van der Waals surface area contributed by atoms with Crippen molar-refractivity contribution in [1.82, 2.24) is 4.90 Å². The summed E-state index contributed by atoms with van der Waals surface area (Å²) in [6.07, 6.45) is 0.956. The first-order chi connectivity index (χ1) is 9.17. The van der Waals surface area contributed by atoms with Gasteiger partial charge in [-0.05, 0) is 18.6 Å². The maximum absolute atomic E-state index is 10.8. The maximum atomic E-state index is 10.8. The molecule has 0 aromatic carbocycles. The van der Waals surface area contributed by atoms with Gasteiger partial charge in [0.1, 0.15) is 4.88 Å². The molecule has 0 fully saturated rings. The van der Waals surface area contributed by atoms with E-state index in [1.807, 2.05) is 6.07 Å². The third kappa shape index (κ3) is 6.15. The summed E-state index contributed by atoms with van der Waals surface area (Å²) in [6.45, 7) is 3.90. The zero-order valence-corrected chi connectivity index (χ0v) is 12.2. The van der Waals surface area contributed by atoms with Crippen LogP contribution in [0.3, 0.4) is 0 Å². The minimum absolute atomic E-state index is 0.388. The average Bonchev–Trinajstić information content (AvgIpc) is 2.84. The van der Waals surface area contributed by atoms with Crippen molar-refractivity contribution >= 4 is 17.3 Å². The first-order valence-electron chi connectivity index (χ1n) is 6.19. The monoisotopic (exact) mass is 287 g/mol. The Balaban J connectivity index is 2.51. The van der Waals surface area contributed by atoms with Gasteiger partial charge in [0.05, 0.1) is 6.61 Å². The summed E-state index contributed by atoms with van der Waals surface area (Å²) in [5.74, 6) is -0.862. The normalized spacial score (nSPS) is 11.1. The third-order valence-corrected chi connectivity index (χ3v) is 3.74. The number of aromatic carboxylic acids is 1. The second kappa shape index (κ2) is 9.03. The van der Waals surface area contributed by atoms with Gasteiger partial charge < -0.3 is 14.6 Å². The molecule has 0 aliphatic carbocycles. The fourth-order valence-corrected chi connectivity index (χ4v) is 2.61. The van der Waals surface area contributed by atoms with Crippen LogP contribution in [0.5, 0.6) is 0 Å². The van der Waals surface area contributed by atoms with Gasteiger partial charge in [0.15, 0.2) is 0 Å². The first-order valence-corrected chi connectivity index (χ1v) is 7.01. The number of carboxylic acid groups (broad SMARTS) is 1. The number of ether oxygens (including phenoxy) is 2. The highest BCUT2D eigenvalue weighted by atomic mass is 32.1. The van der Waals surface area contributed by atoms with Crippen LogP contribution in [0.4, 0.5) is 0 Å². The number of nitrogens with zero attached hydrogens (tertiary/aromatic N) is 1. The molecule has 0 aliphatic rings. The van der Waals surface area contributed by atoms with E-state index < -0.39 is 5.97 Å². The van der Waals surface area contributed by atoms with E-state index in [9.17, 15) is 4.79 Å². The molecule has 6 heteroatoms. The third-order valence-electron chi connectivity index (χ3n) is 2.69. The number of thiophene rings is 1. The molecule has 1 aromatic heterocycles. The van der Waals surface area contributed by atoms with E-state index >= 15 is 0 Å². The van der Waals surface area contributed by atoms with Crippen LogP contribution in [0.1, 0.15) is 21.0 Å². The van der Waals surface area contributed by atoms with E-state index in [1.54, 1.807) is 20.3 Å². The van der Waals surface area contributed by atoms with E-state index in [1.165, 1.54) is 11.3 Å². The van der Waals surface area contributed by atoms with Crippen molar-refractivity contribution < 1.29 is 19.4 Å². The molecule has 0 aliphatic heterocycles. The molecule has 0 bridgehead atoms. The van der Waals surface area contributed by atoms with E-state index in [-0.39, 0.29) is 0 Å². The molecule has 1 heterocycles. The van der Waals surface area contributed by atoms with Gasteiger partial charge in [0.2, 0.25) is 0 Å². The van der Waals surface area contributed by atoms with Crippen LogP contribution in [-0.4, -0.2) is 56.5 Å². The Labute approximate surface area is 117 Å². The molecule has 108 valence electrons. The Morgan fingerprint density at radius 2 is 2.00 bits per heavy atom. The van der Waals surface area contributed by atoms with Gasteiger partial charge in [0.25, 0.3) is 0 Å². The largest absolute Gasteiger partial charge is 0.477 e. The van der Waals surface area contributed by atoms with Crippen LogP contribution < -0.4 is 0 Å². The highest BCUT2D eigenvalue weighted by molar-refractivity contribution is 7.13. The quantitative estimate of drug-likeness (QED) is 0.666. The zero-order valence-electron chi connectivity index (χ0n) is 11.4. The lowest BCUT2D eigenvalue weighted by atomic mass is 10.3. The SMILES string of the molecule is COCCCN(CCOC)Cc1ccc(C(=O)O)s1. The number of carboxylic acids is 1. The van der Waals surface area contributed by atoms with Gasteiger partial charge >= 0.3 is 5.97 Å². The molecule has 19 heavy (non-hydrogen) atoms. The van der Waals surface area contributed by atoms with E-state index in [4.69, 9.17) is 14.6 Å². The van der Waals surface area contributed by atoms with Crippen molar-refractivity contribution in [3.05, 3.63) is 21.9 Å². The van der Waals surface area contributed by atoms with Crippen LogP contribution in [0, 0.1) is 0 Å². The lowest BCUT2D eigenvalue weighted by molar-refractivity contribution is 0.0702. The molecule has 0 spiro atoms. The van der Waals surface area contributed by atoms with Crippen molar-refractivity contribution in [1.29, 1.82) is 0 Å². The standard InChI is InChI=1S/C13H21NO4S/c1-17-8-3-6-14(7-9-18-2)10-11-4-5-12(19-11)13(15)16/h4-5H,3,6-10H2,1-2H3,(H,15,16). The number of hydrogen-bond donors (Lipinski definition) is 1. The minimum atomic E-state index is -0.862. The predicted molar refractivity (Wildman–Crippen MR) is 74.9 cm³/mol. The predicted octanol–water partition coefficient (Wildman–Crippen LogP) is 1.93. The van der Waals surface area contributed by atoms with Crippen LogP contribution in [0.25, 0.3) is 0 Å². The molecule has 0 radical (unpaired) electrons. The van der Waals surface area contributed by atoms with Gasteiger partial charge in [-0.15, -0.1) is 11.3 Å². The van der Waals surface area contributed by atoms with Gasteiger partial charge in [-0.1, -0.05) is 0 Å². The Morgan fingerprint density at radius 1 is 1.26 bits per heavy atom. The van der Waals surface area contributed by atoms with Crippen LogP contribution in [0.15, 0.2) is 12.1 Å². The molecule has 1 aromatic rings. The second-order valence-corrected chi connectivity index (χ2v) is 5.35. The highest BCUT2D eigenvalue weighted by Crippen LogP contribution is 2.18. The van der Waals surface area contributed by atoms with Gasteiger partial charge in [-0.2, -0.15) is 0 Å². The highest BCUT2D eigenvalue weighted by Gasteiger charge is 2.10. The summed E-state index contributed by atoms with van der Waals surface area (Å²) >= 11 is 1.33. The average molecular weight is 287 g/mol. The van der Waals surface area contributed by atoms with Crippen molar-refractivity contribution in [2.45, 2.75) is 13.0 Å². The Kier molecular flexibility index (Phi) is 7.66. The molecule has 5 nitrogen and oxygen atoms in total. The van der Waals surface area contributed by atoms with Gasteiger partial charge in [-0.3, -0.25) is 4.90 Å². The van der Waals surface area contributed by atoms with Crippen molar-refractivity contribution in [2.24, 2.45) is 0 Å². The molecular formula is C13H21NO4S. The summed E-state index contributed by atoms with van der Waals surface area (Å²) in [5.41, 5.74) is 0. The fourth-order valence-electron chi connectivity index (χ4n) is 1.72. The Morgan fingerprint density at radius 3 is 2.58 bits per heavy atom. The van der Waals surface area contributed by atoms with E-state index in [0.29, 0.717) is 11.5 Å². The Hall–Kier alpha value is -0.950. The van der Waals surface area contributed by atoms with Crippen molar-refractivity contribution in [3.63, 3.8) is 0 Å². The number of rotatable bonds is 10.